The maximum atomic E-state index is 13.0. The first-order chi connectivity index (χ1) is 13.8. The van der Waals surface area contributed by atoms with Gasteiger partial charge in [0.2, 0.25) is 0 Å². The maximum absolute atomic E-state index is 13.0. The van der Waals surface area contributed by atoms with E-state index in [-0.39, 0.29) is 5.91 Å². The zero-order valence-corrected chi connectivity index (χ0v) is 18.5. The standard InChI is InChI=1S/C23H18ClNO2S2/c1-13-4-8-19(15(3)10-13)25-22(26)21(29-23(25)28)12-17-7-9-20(27-17)16-6-5-14(2)18(24)11-16/h4-12H,1-3H3/b21-12+. The predicted octanol–water partition coefficient (Wildman–Crippen LogP) is 6.93. The molecular weight excluding hydrogens is 422 g/mol. The molecule has 0 N–H and O–H groups in total. The Kier molecular flexibility index (Phi) is 5.38. The van der Waals surface area contributed by atoms with Gasteiger partial charge >= 0.3 is 0 Å². The number of anilines is 1. The summed E-state index contributed by atoms with van der Waals surface area (Å²) in [7, 11) is 0. The molecule has 4 rings (SSSR count). The summed E-state index contributed by atoms with van der Waals surface area (Å²) >= 11 is 13.0. The lowest BCUT2D eigenvalue weighted by Gasteiger charge is -2.17. The fraction of sp³-hybridized carbons (Fsp3) is 0.130. The molecule has 3 nitrogen and oxygen atoms in total. The number of carbonyl (C=O) groups is 1. The molecule has 2 aromatic carbocycles. The molecule has 2 heterocycles. The molecule has 146 valence electrons. The van der Waals surface area contributed by atoms with Crippen molar-refractivity contribution in [3.8, 4) is 11.3 Å². The van der Waals surface area contributed by atoms with Gasteiger partial charge in [0.1, 0.15) is 11.5 Å². The topological polar surface area (TPSA) is 33.5 Å². The number of thioether (sulfide) groups is 1. The van der Waals surface area contributed by atoms with E-state index in [1.165, 1.54) is 11.8 Å². The highest BCUT2D eigenvalue weighted by Gasteiger charge is 2.34. The highest BCUT2D eigenvalue weighted by molar-refractivity contribution is 8.27. The van der Waals surface area contributed by atoms with Crippen LogP contribution in [0.2, 0.25) is 5.02 Å². The first kappa shape index (κ1) is 20.0. The third kappa shape index (κ3) is 3.90. The molecule has 0 bridgehead atoms. The van der Waals surface area contributed by atoms with Gasteiger partial charge < -0.3 is 4.42 Å². The Balaban J connectivity index is 1.62. The van der Waals surface area contributed by atoms with E-state index >= 15 is 0 Å². The summed E-state index contributed by atoms with van der Waals surface area (Å²) < 4.78 is 6.45. The van der Waals surface area contributed by atoms with E-state index < -0.39 is 0 Å². The van der Waals surface area contributed by atoms with Gasteiger partial charge in [0.15, 0.2) is 4.32 Å². The summed E-state index contributed by atoms with van der Waals surface area (Å²) in [6.45, 7) is 5.96. The van der Waals surface area contributed by atoms with Gasteiger partial charge in [0.05, 0.1) is 10.6 Å². The number of hydrogen-bond acceptors (Lipinski definition) is 4. The molecule has 0 unspecified atom stereocenters. The van der Waals surface area contributed by atoms with Crippen LogP contribution in [0, 0.1) is 20.8 Å². The number of carbonyl (C=O) groups excluding carboxylic acids is 1. The third-order valence-corrected chi connectivity index (χ3v) is 6.45. The second-order valence-corrected chi connectivity index (χ2v) is 9.06. The number of nitrogens with zero attached hydrogens (tertiary/aromatic N) is 1. The predicted molar refractivity (Wildman–Crippen MR) is 125 cm³/mol. The maximum Gasteiger partial charge on any atom is 0.270 e. The van der Waals surface area contributed by atoms with Crippen LogP contribution in [0.3, 0.4) is 0 Å². The van der Waals surface area contributed by atoms with E-state index in [0.29, 0.717) is 25.8 Å². The molecule has 1 aromatic heterocycles. The van der Waals surface area contributed by atoms with Crippen molar-refractivity contribution < 1.29 is 9.21 Å². The molecule has 1 saturated heterocycles. The normalized spacial score (nSPS) is 15.6. The monoisotopic (exact) mass is 439 g/mol. The zero-order valence-electron chi connectivity index (χ0n) is 16.2. The number of hydrogen-bond donors (Lipinski definition) is 0. The molecular formula is C23H18ClNO2S2. The van der Waals surface area contributed by atoms with Crippen molar-refractivity contribution in [2.45, 2.75) is 20.8 Å². The van der Waals surface area contributed by atoms with Gasteiger partial charge in [-0.3, -0.25) is 9.69 Å². The van der Waals surface area contributed by atoms with Gasteiger partial charge in [-0.2, -0.15) is 0 Å². The first-order valence-electron chi connectivity index (χ1n) is 9.05. The van der Waals surface area contributed by atoms with Gasteiger partial charge in [0, 0.05) is 16.7 Å². The van der Waals surface area contributed by atoms with E-state index in [2.05, 4.69) is 0 Å². The van der Waals surface area contributed by atoms with Crippen LogP contribution in [-0.2, 0) is 4.79 Å². The van der Waals surface area contributed by atoms with Crippen molar-refractivity contribution in [2.24, 2.45) is 0 Å². The Morgan fingerprint density at radius 3 is 2.55 bits per heavy atom. The molecule has 0 atom stereocenters. The molecule has 0 radical (unpaired) electrons. The molecule has 0 spiro atoms. The molecule has 1 aliphatic heterocycles. The molecule has 1 fully saturated rings. The Hall–Kier alpha value is -2.34. The summed E-state index contributed by atoms with van der Waals surface area (Å²) in [5.74, 6) is 1.16. The lowest BCUT2D eigenvalue weighted by atomic mass is 10.1. The van der Waals surface area contributed by atoms with Crippen LogP contribution in [0.15, 0.2) is 57.9 Å². The van der Waals surface area contributed by atoms with E-state index in [1.54, 1.807) is 11.0 Å². The second-order valence-electron chi connectivity index (χ2n) is 6.97. The van der Waals surface area contributed by atoms with Crippen LogP contribution in [0.4, 0.5) is 5.69 Å². The van der Waals surface area contributed by atoms with Gasteiger partial charge in [-0.25, -0.2) is 0 Å². The quantitative estimate of drug-likeness (QED) is 0.327. The largest absolute Gasteiger partial charge is 0.457 e. The Morgan fingerprint density at radius 2 is 1.83 bits per heavy atom. The summed E-state index contributed by atoms with van der Waals surface area (Å²) in [6.07, 6.45) is 1.74. The van der Waals surface area contributed by atoms with E-state index in [0.717, 1.165) is 27.9 Å². The summed E-state index contributed by atoms with van der Waals surface area (Å²) in [5.41, 5.74) is 4.88. The van der Waals surface area contributed by atoms with Crippen LogP contribution in [-0.4, -0.2) is 10.2 Å². The lowest BCUT2D eigenvalue weighted by molar-refractivity contribution is -0.113. The lowest BCUT2D eigenvalue weighted by Crippen LogP contribution is -2.28. The molecule has 1 amide bonds. The van der Waals surface area contributed by atoms with Crippen LogP contribution in [0.1, 0.15) is 22.5 Å². The summed E-state index contributed by atoms with van der Waals surface area (Å²) in [6, 6.07) is 15.5. The van der Waals surface area contributed by atoms with Crippen LogP contribution >= 0.6 is 35.6 Å². The molecule has 1 aliphatic rings. The summed E-state index contributed by atoms with van der Waals surface area (Å²) in [5, 5.41) is 0.690. The van der Waals surface area contributed by atoms with Crippen LogP contribution in [0.5, 0.6) is 0 Å². The zero-order chi connectivity index (χ0) is 20.7. The molecule has 29 heavy (non-hydrogen) atoms. The van der Waals surface area contributed by atoms with Gasteiger partial charge in [-0.05, 0) is 56.2 Å². The number of amides is 1. The minimum absolute atomic E-state index is 0.136. The van der Waals surface area contributed by atoms with Crippen molar-refractivity contribution >= 4 is 57.6 Å². The van der Waals surface area contributed by atoms with Crippen LogP contribution < -0.4 is 4.90 Å². The van der Waals surface area contributed by atoms with E-state index in [1.807, 2.05) is 69.3 Å². The fourth-order valence-electron chi connectivity index (χ4n) is 3.19. The highest BCUT2D eigenvalue weighted by Crippen LogP contribution is 2.38. The number of aryl methyl sites for hydroxylation is 3. The van der Waals surface area contributed by atoms with Gasteiger partial charge in [-0.1, -0.05) is 65.4 Å². The van der Waals surface area contributed by atoms with Crippen LogP contribution in [0.25, 0.3) is 17.4 Å². The minimum atomic E-state index is -0.136. The first-order valence-corrected chi connectivity index (χ1v) is 10.7. The molecule has 0 aliphatic carbocycles. The number of thiocarbonyl (C=S) groups is 1. The number of benzene rings is 2. The summed E-state index contributed by atoms with van der Waals surface area (Å²) in [4.78, 5) is 15.1. The van der Waals surface area contributed by atoms with Crippen molar-refractivity contribution in [2.75, 3.05) is 4.90 Å². The van der Waals surface area contributed by atoms with Crippen molar-refractivity contribution in [3.63, 3.8) is 0 Å². The smallest absolute Gasteiger partial charge is 0.270 e. The average Bonchev–Trinajstić information content (AvgIpc) is 3.23. The Labute approximate surface area is 184 Å². The molecule has 6 heteroatoms. The average molecular weight is 440 g/mol. The second kappa shape index (κ2) is 7.82. The highest BCUT2D eigenvalue weighted by atomic mass is 35.5. The van der Waals surface area contributed by atoms with E-state index in [4.69, 9.17) is 28.2 Å². The Morgan fingerprint density at radius 1 is 1.03 bits per heavy atom. The Bertz CT molecular complexity index is 1180. The fourth-order valence-corrected chi connectivity index (χ4v) is 4.64. The van der Waals surface area contributed by atoms with Crippen molar-refractivity contribution in [1.29, 1.82) is 0 Å². The van der Waals surface area contributed by atoms with Crippen molar-refractivity contribution in [1.82, 2.24) is 0 Å². The SMILES string of the molecule is Cc1ccc(N2C(=O)/C(=C\c3ccc(-c4ccc(C)c(Cl)c4)o3)SC2=S)c(C)c1. The van der Waals surface area contributed by atoms with Gasteiger partial charge in [0.25, 0.3) is 5.91 Å². The minimum Gasteiger partial charge on any atom is -0.457 e. The molecule has 0 saturated carbocycles. The van der Waals surface area contributed by atoms with E-state index in [9.17, 15) is 4.79 Å². The van der Waals surface area contributed by atoms with Crippen molar-refractivity contribution in [3.05, 3.63) is 80.9 Å². The number of rotatable bonds is 3. The van der Waals surface area contributed by atoms with Gasteiger partial charge in [-0.15, -0.1) is 0 Å². The third-order valence-electron chi connectivity index (χ3n) is 4.74. The molecule has 3 aromatic rings. The number of halogens is 1. The number of furan rings is 1.